The lowest BCUT2D eigenvalue weighted by Crippen LogP contribution is -2.28. The molecule has 1 unspecified atom stereocenters. The molecule has 1 atom stereocenters. The van der Waals surface area contributed by atoms with E-state index >= 15 is 0 Å². The van der Waals surface area contributed by atoms with E-state index < -0.39 is 0 Å². The highest BCUT2D eigenvalue weighted by Gasteiger charge is 2.10. The summed E-state index contributed by atoms with van der Waals surface area (Å²) in [6.45, 7) is 11.5. The quantitative estimate of drug-likeness (QED) is 0.731. The van der Waals surface area contributed by atoms with Crippen LogP contribution in [0.1, 0.15) is 38.7 Å². The lowest BCUT2D eigenvalue weighted by Gasteiger charge is -2.22. The monoisotopic (exact) mass is 255 g/mol. The van der Waals surface area contributed by atoms with E-state index in [1.807, 2.05) is 6.92 Å². The molecule has 1 aromatic rings. The Kier molecular flexibility index (Phi) is 5.86. The van der Waals surface area contributed by atoms with Gasteiger partial charge in [0.15, 0.2) is 0 Å². The summed E-state index contributed by atoms with van der Waals surface area (Å²) < 4.78 is 0. The molecule has 17 heavy (non-hydrogen) atoms. The van der Waals surface area contributed by atoms with Crippen molar-refractivity contribution in [2.75, 3.05) is 13.1 Å². The lowest BCUT2D eigenvalue weighted by molar-refractivity contribution is 0.232. The molecule has 0 N–H and O–H groups in total. The Bertz CT molecular complexity index is 334. The Balaban J connectivity index is 2.66. The molecule has 0 amide bonds. The van der Waals surface area contributed by atoms with Crippen molar-refractivity contribution < 1.29 is 0 Å². The van der Waals surface area contributed by atoms with E-state index in [1.54, 1.807) is 6.07 Å². The highest BCUT2D eigenvalue weighted by atomic mass is 35.5. The molecule has 1 heterocycles. The molecule has 0 spiro atoms. The van der Waals surface area contributed by atoms with E-state index in [0.29, 0.717) is 11.1 Å². The van der Waals surface area contributed by atoms with Crippen LogP contribution in [0.3, 0.4) is 0 Å². The van der Waals surface area contributed by atoms with Gasteiger partial charge in [-0.3, -0.25) is 4.90 Å². The first kappa shape index (κ1) is 14.4. The van der Waals surface area contributed by atoms with E-state index in [0.717, 1.165) is 31.2 Å². The van der Waals surface area contributed by atoms with Gasteiger partial charge in [0.1, 0.15) is 11.0 Å². The maximum Gasteiger partial charge on any atom is 0.144 e. The summed E-state index contributed by atoms with van der Waals surface area (Å²) in [5, 5.41) is 0.534. The second-order valence-electron chi connectivity index (χ2n) is 4.59. The molecule has 3 nitrogen and oxygen atoms in total. The molecule has 0 aliphatic carbocycles. The summed E-state index contributed by atoms with van der Waals surface area (Å²) in [4.78, 5) is 11.0. The Labute approximate surface area is 109 Å². The molecule has 96 valence electrons. The highest BCUT2D eigenvalue weighted by Crippen LogP contribution is 2.10. The maximum atomic E-state index is 5.94. The van der Waals surface area contributed by atoms with Crippen molar-refractivity contribution in [3.8, 4) is 0 Å². The zero-order chi connectivity index (χ0) is 12.8. The first-order valence-electron chi connectivity index (χ1n) is 6.27. The average Bonchev–Trinajstić information content (AvgIpc) is 2.26. The molecule has 0 aromatic carbocycles. The molecule has 0 saturated carbocycles. The van der Waals surface area contributed by atoms with Crippen molar-refractivity contribution in [3.63, 3.8) is 0 Å². The van der Waals surface area contributed by atoms with Gasteiger partial charge in [0, 0.05) is 12.2 Å². The largest absolute Gasteiger partial charge is 0.296 e. The minimum absolute atomic E-state index is 0.534. The van der Waals surface area contributed by atoms with Crippen LogP contribution in [0.25, 0.3) is 0 Å². The predicted octanol–water partition coefficient (Wildman–Crippen LogP) is 3.31. The zero-order valence-electron chi connectivity index (χ0n) is 11.2. The SMILES string of the molecule is CCC(C)CN(CC)Cc1nc(C)cc(Cl)n1. The minimum atomic E-state index is 0.534. The molecule has 0 saturated heterocycles. The van der Waals surface area contributed by atoms with Gasteiger partial charge in [-0.1, -0.05) is 38.8 Å². The second kappa shape index (κ2) is 6.92. The Morgan fingerprint density at radius 3 is 2.59 bits per heavy atom. The first-order chi connectivity index (χ1) is 8.05. The average molecular weight is 256 g/mol. The summed E-state index contributed by atoms with van der Waals surface area (Å²) in [5.74, 6) is 1.52. The Hall–Kier alpha value is -0.670. The fraction of sp³-hybridized carbons (Fsp3) is 0.692. The number of aromatic nitrogens is 2. The van der Waals surface area contributed by atoms with Gasteiger partial charge >= 0.3 is 0 Å². The van der Waals surface area contributed by atoms with Gasteiger partial charge in [0.05, 0.1) is 6.54 Å². The van der Waals surface area contributed by atoms with Crippen LogP contribution in [0, 0.1) is 12.8 Å². The fourth-order valence-electron chi connectivity index (χ4n) is 1.73. The number of nitrogens with zero attached hydrogens (tertiary/aromatic N) is 3. The molecule has 0 fully saturated rings. The summed E-state index contributed by atoms with van der Waals surface area (Å²) >= 11 is 5.94. The Morgan fingerprint density at radius 1 is 1.35 bits per heavy atom. The zero-order valence-corrected chi connectivity index (χ0v) is 12.0. The van der Waals surface area contributed by atoms with Gasteiger partial charge in [0.2, 0.25) is 0 Å². The molecule has 1 rings (SSSR count). The van der Waals surface area contributed by atoms with Gasteiger partial charge in [-0.05, 0) is 25.5 Å². The first-order valence-corrected chi connectivity index (χ1v) is 6.65. The number of halogens is 1. The van der Waals surface area contributed by atoms with Gasteiger partial charge in [-0.2, -0.15) is 0 Å². The number of hydrogen-bond donors (Lipinski definition) is 0. The summed E-state index contributed by atoms with van der Waals surface area (Å²) in [7, 11) is 0. The van der Waals surface area contributed by atoms with E-state index in [4.69, 9.17) is 11.6 Å². The van der Waals surface area contributed by atoms with Crippen LogP contribution in [0.5, 0.6) is 0 Å². The molecular weight excluding hydrogens is 234 g/mol. The van der Waals surface area contributed by atoms with Crippen LogP contribution < -0.4 is 0 Å². The van der Waals surface area contributed by atoms with Crippen molar-refractivity contribution in [2.45, 2.75) is 40.7 Å². The third-order valence-corrected chi connectivity index (χ3v) is 3.14. The minimum Gasteiger partial charge on any atom is -0.296 e. The third kappa shape index (κ3) is 5.00. The van der Waals surface area contributed by atoms with E-state index in [2.05, 4.69) is 35.6 Å². The molecule has 0 bridgehead atoms. The lowest BCUT2D eigenvalue weighted by atomic mass is 10.1. The molecule has 0 aliphatic rings. The van der Waals surface area contributed by atoms with Crippen LogP contribution in [0.4, 0.5) is 0 Å². The molecule has 1 aromatic heterocycles. The molecular formula is C13H22ClN3. The number of hydrogen-bond acceptors (Lipinski definition) is 3. The number of aryl methyl sites for hydroxylation is 1. The predicted molar refractivity (Wildman–Crippen MR) is 72.2 cm³/mol. The van der Waals surface area contributed by atoms with E-state index in [1.165, 1.54) is 6.42 Å². The Morgan fingerprint density at radius 2 is 2.06 bits per heavy atom. The van der Waals surface area contributed by atoms with Gasteiger partial charge in [-0.15, -0.1) is 0 Å². The van der Waals surface area contributed by atoms with E-state index in [9.17, 15) is 0 Å². The summed E-state index contributed by atoms with van der Waals surface area (Å²) in [5.41, 5.74) is 0.930. The molecule has 0 radical (unpaired) electrons. The van der Waals surface area contributed by atoms with E-state index in [-0.39, 0.29) is 0 Å². The molecule has 4 heteroatoms. The third-order valence-electron chi connectivity index (χ3n) is 2.95. The van der Waals surface area contributed by atoms with Crippen LogP contribution in [-0.4, -0.2) is 28.0 Å². The van der Waals surface area contributed by atoms with Crippen molar-refractivity contribution in [1.82, 2.24) is 14.9 Å². The standard InChI is InChI=1S/C13H22ClN3/c1-5-10(3)8-17(6-2)9-13-15-11(4)7-12(14)16-13/h7,10H,5-6,8-9H2,1-4H3. The van der Waals surface area contributed by atoms with Crippen LogP contribution in [0.2, 0.25) is 5.15 Å². The molecule has 0 aliphatic heterocycles. The smallest absolute Gasteiger partial charge is 0.144 e. The second-order valence-corrected chi connectivity index (χ2v) is 4.98. The maximum absolute atomic E-state index is 5.94. The van der Waals surface area contributed by atoms with Gasteiger partial charge in [-0.25, -0.2) is 9.97 Å². The summed E-state index contributed by atoms with van der Waals surface area (Å²) in [6.07, 6.45) is 1.20. The topological polar surface area (TPSA) is 29.0 Å². The van der Waals surface area contributed by atoms with Crippen molar-refractivity contribution >= 4 is 11.6 Å². The van der Waals surface area contributed by atoms with Crippen LogP contribution in [0.15, 0.2) is 6.07 Å². The van der Waals surface area contributed by atoms with Crippen molar-refractivity contribution in [3.05, 3.63) is 22.7 Å². The van der Waals surface area contributed by atoms with Crippen molar-refractivity contribution in [1.29, 1.82) is 0 Å². The summed E-state index contributed by atoms with van der Waals surface area (Å²) in [6, 6.07) is 1.79. The normalized spacial score (nSPS) is 13.1. The van der Waals surface area contributed by atoms with Crippen molar-refractivity contribution in [2.24, 2.45) is 5.92 Å². The fourth-order valence-corrected chi connectivity index (χ4v) is 1.99. The van der Waals surface area contributed by atoms with Gasteiger partial charge < -0.3 is 0 Å². The van der Waals surface area contributed by atoms with Crippen LogP contribution in [-0.2, 0) is 6.54 Å². The highest BCUT2D eigenvalue weighted by molar-refractivity contribution is 6.29. The number of rotatable bonds is 6. The van der Waals surface area contributed by atoms with Gasteiger partial charge in [0.25, 0.3) is 0 Å². The van der Waals surface area contributed by atoms with Crippen LogP contribution >= 0.6 is 11.6 Å².